The molecule has 0 amide bonds. The Morgan fingerprint density at radius 3 is 2.80 bits per heavy atom. The molecule has 84 valence electrons. The van der Waals surface area contributed by atoms with Crippen LogP contribution in [0.15, 0.2) is 22.8 Å². The van der Waals surface area contributed by atoms with Gasteiger partial charge >= 0.3 is 0 Å². The van der Waals surface area contributed by atoms with E-state index in [4.69, 9.17) is 0 Å². The van der Waals surface area contributed by atoms with Gasteiger partial charge in [0.25, 0.3) is 0 Å². The first-order valence-corrected chi connectivity index (χ1v) is 6.06. The molecule has 1 heterocycles. The summed E-state index contributed by atoms with van der Waals surface area (Å²) in [6, 6.07) is 4.03. The molecule has 0 unspecified atom stereocenters. The molecular formula is C11H18BrN3. The van der Waals surface area contributed by atoms with E-state index in [1.54, 1.807) is 0 Å². The van der Waals surface area contributed by atoms with Crippen LogP contribution in [-0.2, 0) is 0 Å². The van der Waals surface area contributed by atoms with Crippen LogP contribution in [0.25, 0.3) is 0 Å². The Labute approximate surface area is 100 Å². The second kappa shape index (κ2) is 6.80. The molecule has 0 aliphatic rings. The molecule has 3 nitrogen and oxygen atoms in total. The molecular weight excluding hydrogens is 254 g/mol. The smallest absolute Gasteiger partial charge is 0.128 e. The van der Waals surface area contributed by atoms with Gasteiger partial charge in [0, 0.05) is 30.8 Å². The maximum absolute atomic E-state index is 4.33. The molecule has 1 aromatic rings. The Morgan fingerprint density at radius 1 is 1.40 bits per heavy atom. The number of likely N-dealkylation sites (N-methyl/N-ethyl adjacent to an activating group) is 1. The number of rotatable bonds is 6. The minimum Gasteiger partial charge on any atom is -0.358 e. The van der Waals surface area contributed by atoms with Crippen molar-refractivity contribution in [1.82, 2.24) is 10.3 Å². The van der Waals surface area contributed by atoms with E-state index in [1.165, 1.54) is 6.42 Å². The van der Waals surface area contributed by atoms with E-state index in [0.29, 0.717) is 0 Å². The first-order chi connectivity index (χ1) is 7.24. The molecule has 0 fully saturated rings. The Bertz CT molecular complexity index is 274. The minimum atomic E-state index is 0.981. The zero-order chi connectivity index (χ0) is 11.1. The van der Waals surface area contributed by atoms with Crippen molar-refractivity contribution >= 4 is 21.7 Å². The highest BCUT2D eigenvalue weighted by molar-refractivity contribution is 9.10. The highest BCUT2D eigenvalue weighted by Crippen LogP contribution is 2.12. The minimum absolute atomic E-state index is 0.981. The summed E-state index contributed by atoms with van der Waals surface area (Å²) < 4.78 is 1.02. The third kappa shape index (κ3) is 4.62. The van der Waals surface area contributed by atoms with Crippen molar-refractivity contribution in [2.45, 2.75) is 13.3 Å². The van der Waals surface area contributed by atoms with Gasteiger partial charge in [-0.05, 0) is 41.0 Å². The average molecular weight is 272 g/mol. The molecule has 0 bridgehead atoms. The number of nitrogens with one attached hydrogen (secondary N) is 1. The van der Waals surface area contributed by atoms with Crippen molar-refractivity contribution in [3.8, 4) is 0 Å². The van der Waals surface area contributed by atoms with Crippen LogP contribution in [0.2, 0.25) is 0 Å². The second-order valence-corrected chi connectivity index (χ2v) is 4.42. The van der Waals surface area contributed by atoms with Crippen LogP contribution in [0, 0.1) is 0 Å². The van der Waals surface area contributed by atoms with E-state index in [0.717, 1.165) is 29.9 Å². The lowest BCUT2D eigenvalue weighted by Gasteiger charge is -2.18. The maximum Gasteiger partial charge on any atom is 0.128 e. The van der Waals surface area contributed by atoms with Crippen LogP contribution in [0.4, 0.5) is 5.82 Å². The van der Waals surface area contributed by atoms with Crippen molar-refractivity contribution in [2.24, 2.45) is 0 Å². The standard InChI is InChI=1S/C11H18BrN3/c1-3-6-13-7-8-15(2)11-5-4-10(12)9-14-11/h4-5,9,13H,3,6-8H2,1-2H3. The first-order valence-electron chi connectivity index (χ1n) is 5.27. The van der Waals surface area contributed by atoms with Crippen molar-refractivity contribution in [3.05, 3.63) is 22.8 Å². The van der Waals surface area contributed by atoms with Gasteiger partial charge in [0.05, 0.1) is 0 Å². The van der Waals surface area contributed by atoms with Crippen LogP contribution < -0.4 is 10.2 Å². The molecule has 0 aliphatic carbocycles. The summed E-state index contributed by atoms with van der Waals surface area (Å²) in [5.74, 6) is 1.01. The Morgan fingerprint density at radius 2 is 2.20 bits per heavy atom. The molecule has 1 rings (SSSR count). The number of nitrogens with zero attached hydrogens (tertiary/aromatic N) is 2. The number of hydrogen-bond donors (Lipinski definition) is 1. The van der Waals surface area contributed by atoms with Crippen LogP contribution >= 0.6 is 15.9 Å². The molecule has 1 aromatic heterocycles. The number of hydrogen-bond acceptors (Lipinski definition) is 3. The van der Waals surface area contributed by atoms with Crippen LogP contribution in [0.1, 0.15) is 13.3 Å². The molecule has 0 aliphatic heterocycles. The molecule has 4 heteroatoms. The first kappa shape index (κ1) is 12.5. The summed E-state index contributed by atoms with van der Waals surface area (Å²) in [6.07, 6.45) is 3.01. The molecule has 15 heavy (non-hydrogen) atoms. The zero-order valence-corrected chi connectivity index (χ0v) is 10.9. The summed E-state index contributed by atoms with van der Waals surface area (Å²) in [4.78, 5) is 6.48. The Kier molecular flexibility index (Phi) is 5.65. The summed E-state index contributed by atoms with van der Waals surface area (Å²) in [6.45, 7) is 5.24. The number of anilines is 1. The van der Waals surface area contributed by atoms with Crippen LogP contribution in [0.3, 0.4) is 0 Å². The Balaban J connectivity index is 2.33. The highest BCUT2D eigenvalue weighted by atomic mass is 79.9. The van der Waals surface area contributed by atoms with Gasteiger partial charge in [-0.1, -0.05) is 6.92 Å². The quantitative estimate of drug-likeness (QED) is 0.805. The van der Waals surface area contributed by atoms with E-state index in [2.05, 4.69) is 45.1 Å². The molecule has 1 N–H and O–H groups in total. The summed E-state index contributed by atoms with van der Waals surface area (Å²) in [5, 5.41) is 3.37. The average Bonchev–Trinajstić information content (AvgIpc) is 2.25. The van der Waals surface area contributed by atoms with E-state index in [1.807, 2.05) is 18.3 Å². The van der Waals surface area contributed by atoms with Crippen LogP contribution in [0.5, 0.6) is 0 Å². The van der Waals surface area contributed by atoms with Crippen molar-refractivity contribution in [3.63, 3.8) is 0 Å². The number of pyridine rings is 1. The Hall–Kier alpha value is -0.610. The van der Waals surface area contributed by atoms with E-state index < -0.39 is 0 Å². The number of halogens is 1. The molecule has 0 saturated heterocycles. The lowest BCUT2D eigenvalue weighted by atomic mass is 10.4. The lowest BCUT2D eigenvalue weighted by molar-refractivity contribution is 0.664. The van der Waals surface area contributed by atoms with Crippen molar-refractivity contribution in [1.29, 1.82) is 0 Å². The van der Waals surface area contributed by atoms with E-state index in [9.17, 15) is 0 Å². The second-order valence-electron chi connectivity index (χ2n) is 3.51. The van der Waals surface area contributed by atoms with Gasteiger partial charge in [0.1, 0.15) is 5.82 Å². The normalized spacial score (nSPS) is 10.3. The molecule has 0 saturated carbocycles. The van der Waals surface area contributed by atoms with Crippen molar-refractivity contribution in [2.75, 3.05) is 31.6 Å². The number of aromatic nitrogens is 1. The van der Waals surface area contributed by atoms with Gasteiger partial charge in [0.15, 0.2) is 0 Å². The fourth-order valence-corrected chi connectivity index (χ4v) is 1.49. The maximum atomic E-state index is 4.33. The predicted molar refractivity (Wildman–Crippen MR) is 68.4 cm³/mol. The fraction of sp³-hybridized carbons (Fsp3) is 0.545. The van der Waals surface area contributed by atoms with Gasteiger partial charge in [-0.25, -0.2) is 4.98 Å². The van der Waals surface area contributed by atoms with Crippen LogP contribution in [-0.4, -0.2) is 31.7 Å². The van der Waals surface area contributed by atoms with Gasteiger partial charge in [-0.2, -0.15) is 0 Å². The summed E-state index contributed by atoms with van der Waals surface area (Å²) >= 11 is 3.37. The largest absolute Gasteiger partial charge is 0.358 e. The molecule has 0 spiro atoms. The van der Waals surface area contributed by atoms with Gasteiger partial charge in [-0.15, -0.1) is 0 Å². The van der Waals surface area contributed by atoms with E-state index >= 15 is 0 Å². The zero-order valence-electron chi connectivity index (χ0n) is 9.33. The molecule has 0 aromatic carbocycles. The topological polar surface area (TPSA) is 28.2 Å². The highest BCUT2D eigenvalue weighted by Gasteiger charge is 2.00. The van der Waals surface area contributed by atoms with Gasteiger partial charge < -0.3 is 10.2 Å². The fourth-order valence-electron chi connectivity index (χ4n) is 1.26. The van der Waals surface area contributed by atoms with Gasteiger partial charge in [0.2, 0.25) is 0 Å². The monoisotopic (exact) mass is 271 g/mol. The van der Waals surface area contributed by atoms with Gasteiger partial charge in [-0.3, -0.25) is 0 Å². The van der Waals surface area contributed by atoms with Crippen molar-refractivity contribution < 1.29 is 0 Å². The lowest BCUT2D eigenvalue weighted by Crippen LogP contribution is -2.29. The molecule has 0 radical (unpaired) electrons. The predicted octanol–water partition coefficient (Wildman–Crippen LogP) is 2.28. The summed E-state index contributed by atoms with van der Waals surface area (Å²) in [5.41, 5.74) is 0. The summed E-state index contributed by atoms with van der Waals surface area (Å²) in [7, 11) is 2.06. The van der Waals surface area contributed by atoms with E-state index in [-0.39, 0.29) is 0 Å². The third-order valence-electron chi connectivity index (χ3n) is 2.15. The molecule has 0 atom stereocenters. The SMILES string of the molecule is CCCNCCN(C)c1ccc(Br)cn1. The third-order valence-corrected chi connectivity index (χ3v) is 2.62.